The summed E-state index contributed by atoms with van der Waals surface area (Å²) in [6.45, 7) is 3.64. The zero-order valence-electron chi connectivity index (χ0n) is 9.63. The lowest BCUT2D eigenvalue weighted by molar-refractivity contribution is 0.0899. The van der Waals surface area contributed by atoms with Gasteiger partial charge in [-0.15, -0.1) is 0 Å². The number of aliphatic hydroxyl groups excluding tert-OH is 1. The molecule has 0 unspecified atom stereocenters. The fourth-order valence-electron chi connectivity index (χ4n) is 1.30. The lowest BCUT2D eigenvalue weighted by Crippen LogP contribution is -2.44. The van der Waals surface area contributed by atoms with Gasteiger partial charge >= 0.3 is 0 Å². The number of nitrogens with one attached hydrogen (secondary N) is 1. The van der Waals surface area contributed by atoms with E-state index in [1.54, 1.807) is 0 Å². The molecular weight excluding hydrogens is 263 g/mol. The molecule has 0 saturated heterocycles. The summed E-state index contributed by atoms with van der Waals surface area (Å²) in [4.78, 5) is 15.7. The molecule has 1 heterocycles. The van der Waals surface area contributed by atoms with Crippen molar-refractivity contribution in [1.82, 2.24) is 10.3 Å². The molecule has 0 fully saturated rings. The molecule has 4 nitrogen and oxygen atoms in total. The van der Waals surface area contributed by atoms with Crippen LogP contribution in [-0.4, -0.2) is 28.1 Å². The summed E-state index contributed by atoms with van der Waals surface area (Å²) in [7, 11) is 0. The summed E-state index contributed by atoms with van der Waals surface area (Å²) >= 11 is 11.5. The maximum atomic E-state index is 11.9. The molecule has 1 rings (SSSR count). The highest BCUT2D eigenvalue weighted by atomic mass is 35.5. The van der Waals surface area contributed by atoms with Crippen LogP contribution >= 0.6 is 23.2 Å². The van der Waals surface area contributed by atoms with E-state index < -0.39 is 5.54 Å². The summed E-state index contributed by atoms with van der Waals surface area (Å²) < 4.78 is 0. The standard InChI is InChI=1S/C11H14Cl2N2O2/c1-11(2,5-6-16)15-10(17)7-3-4-8(12)14-9(7)13/h3-4,16H,5-6H2,1-2H3,(H,15,17). The summed E-state index contributed by atoms with van der Waals surface area (Å²) in [6, 6.07) is 3.02. The van der Waals surface area contributed by atoms with Crippen LogP contribution in [0, 0.1) is 0 Å². The van der Waals surface area contributed by atoms with Crippen molar-refractivity contribution in [3.63, 3.8) is 0 Å². The van der Waals surface area contributed by atoms with Gasteiger partial charge in [0.2, 0.25) is 0 Å². The van der Waals surface area contributed by atoms with Crippen LogP contribution in [0.15, 0.2) is 12.1 Å². The van der Waals surface area contributed by atoms with Crippen LogP contribution in [-0.2, 0) is 0 Å². The van der Waals surface area contributed by atoms with Gasteiger partial charge in [0.05, 0.1) is 5.56 Å². The maximum Gasteiger partial charge on any atom is 0.254 e. The Hall–Kier alpha value is -0.840. The third kappa shape index (κ3) is 4.15. The van der Waals surface area contributed by atoms with Gasteiger partial charge in [-0.25, -0.2) is 4.98 Å². The van der Waals surface area contributed by atoms with Crippen molar-refractivity contribution in [3.05, 3.63) is 28.0 Å². The number of nitrogens with zero attached hydrogens (tertiary/aromatic N) is 1. The Bertz CT molecular complexity index is 422. The molecule has 0 aliphatic rings. The minimum atomic E-state index is -0.505. The molecule has 2 N–H and O–H groups in total. The molecule has 0 spiro atoms. The highest BCUT2D eigenvalue weighted by molar-refractivity contribution is 6.34. The van der Waals surface area contributed by atoms with Gasteiger partial charge in [-0.2, -0.15) is 0 Å². The van der Waals surface area contributed by atoms with Crippen molar-refractivity contribution in [2.24, 2.45) is 0 Å². The monoisotopic (exact) mass is 276 g/mol. The molecule has 0 aliphatic carbocycles. The molecule has 0 atom stereocenters. The minimum Gasteiger partial charge on any atom is -0.396 e. The first kappa shape index (κ1) is 14.2. The Kier molecular flexibility index (Phi) is 4.74. The van der Waals surface area contributed by atoms with E-state index in [1.165, 1.54) is 12.1 Å². The van der Waals surface area contributed by atoms with E-state index in [0.717, 1.165) is 0 Å². The average Bonchev–Trinajstić information content (AvgIpc) is 2.15. The van der Waals surface area contributed by atoms with E-state index >= 15 is 0 Å². The fraction of sp³-hybridized carbons (Fsp3) is 0.455. The van der Waals surface area contributed by atoms with Crippen LogP contribution in [0.5, 0.6) is 0 Å². The Balaban J connectivity index is 2.83. The first-order chi connectivity index (χ1) is 7.85. The number of aromatic nitrogens is 1. The molecule has 6 heteroatoms. The number of carbonyl (C=O) groups is 1. The van der Waals surface area contributed by atoms with Crippen LogP contribution in [0.4, 0.5) is 0 Å². The molecule has 1 aromatic rings. The van der Waals surface area contributed by atoms with Gasteiger partial charge in [-0.1, -0.05) is 23.2 Å². The van der Waals surface area contributed by atoms with Gasteiger partial charge in [0.25, 0.3) is 5.91 Å². The average molecular weight is 277 g/mol. The number of halogens is 2. The Labute approximate surface area is 110 Å². The predicted molar refractivity (Wildman–Crippen MR) is 67.5 cm³/mol. The van der Waals surface area contributed by atoms with E-state index in [9.17, 15) is 4.79 Å². The summed E-state index contributed by atoms with van der Waals surface area (Å²) in [5.74, 6) is -0.336. The van der Waals surface area contributed by atoms with Gasteiger partial charge in [0, 0.05) is 12.1 Å². The van der Waals surface area contributed by atoms with Crippen molar-refractivity contribution in [2.75, 3.05) is 6.61 Å². The molecule has 0 radical (unpaired) electrons. The molecule has 1 amide bonds. The molecular formula is C11H14Cl2N2O2. The topological polar surface area (TPSA) is 62.2 Å². The number of amides is 1. The minimum absolute atomic E-state index is 0.000119. The lowest BCUT2D eigenvalue weighted by Gasteiger charge is -2.25. The number of hydrogen-bond acceptors (Lipinski definition) is 3. The number of hydrogen-bond donors (Lipinski definition) is 2. The predicted octanol–water partition coefficient (Wildman–Crippen LogP) is 2.28. The highest BCUT2D eigenvalue weighted by Crippen LogP contribution is 2.18. The van der Waals surface area contributed by atoms with Gasteiger partial charge < -0.3 is 10.4 Å². The first-order valence-electron chi connectivity index (χ1n) is 5.11. The number of carbonyl (C=O) groups excluding carboxylic acids is 1. The van der Waals surface area contributed by atoms with E-state index in [1.807, 2.05) is 13.8 Å². The Morgan fingerprint density at radius 1 is 1.47 bits per heavy atom. The second kappa shape index (κ2) is 5.67. The van der Waals surface area contributed by atoms with Gasteiger partial charge in [0.1, 0.15) is 10.3 Å². The van der Waals surface area contributed by atoms with Crippen LogP contribution in [0.25, 0.3) is 0 Å². The van der Waals surface area contributed by atoms with E-state index in [-0.39, 0.29) is 28.4 Å². The Morgan fingerprint density at radius 3 is 2.65 bits per heavy atom. The third-order valence-electron chi connectivity index (χ3n) is 2.25. The molecule has 0 aromatic carbocycles. The first-order valence-corrected chi connectivity index (χ1v) is 5.87. The van der Waals surface area contributed by atoms with Crippen LogP contribution in [0.2, 0.25) is 10.3 Å². The van der Waals surface area contributed by atoms with E-state index in [4.69, 9.17) is 28.3 Å². The molecule has 0 saturated carbocycles. The van der Waals surface area contributed by atoms with E-state index in [0.29, 0.717) is 6.42 Å². The SMILES string of the molecule is CC(C)(CCO)NC(=O)c1ccc(Cl)nc1Cl. The molecule has 0 aliphatic heterocycles. The summed E-state index contributed by atoms with van der Waals surface area (Å²) in [6.07, 6.45) is 0.456. The molecule has 94 valence electrons. The fourth-order valence-corrected chi connectivity index (χ4v) is 1.73. The molecule has 1 aromatic heterocycles. The van der Waals surface area contributed by atoms with Gasteiger partial charge in [0.15, 0.2) is 0 Å². The van der Waals surface area contributed by atoms with E-state index in [2.05, 4.69) is 10.3 Å². The van der Waals surface area contributed by atoms with Crippen LogP contribution in [0.3, 0.4) is 0 Å². The van der Waals surface area contributed by atoms with Gasteiger partial charge in [-0.05, 0) is 32.4 Å². The summed E-state index contributed by atoms with van der Waals surface area (Å²) in [5.41, 5.74) is -0.239. The Morgan fingerprint density at radius 2 is 2.12 bits per heavy atom. The van der Waals surface area contributed by atoms with Crippen molar-refractivity contribution >= 4 is 29.1 Å². The largest absolute Gasteiger partial charge is 0.396 e. The molecule has 17 heavy (non-hydrogen) atoms. The zero-order valence-corrected chi connectivity index (χ0v) is 11.1. The smallest absolute Gasteiger partial charge is 0.254 e. The number of aliphatic hydroxyl groups is 1. The van der Waals surface area contributed by atoms with Crippen molar-refractivity contribution in [2.45, 2.75) is 25.8 Å². The van der Waals surface area contributed by atoms with Crippen LogP contribution < -0.4 is 5.32 Å². The zero-order chi connectivity index (χ0) is 13.1. The quantitative estimate of drug-likeness (QED) is 0.830. The van der Waals surface area contributed by atoms with Crippen LogP contribution in [0.1, 0.15) is 30.6 Å². The van der Waals surface area contributed by atoms with Crippen molar-refractivity contribution < 1.29 is 9.90 Å². The van der Waals surface area contributed by atoms with Gasteiger partial charge in [-0.3, -0.25) is 4.79 Å². The molecule has 0 bridgehead atoms. The number of rotatable bonds is 4. The maximum absolute atomic E-state index is 11.9. The second-order valence-electron chi connectivity index (χ2n) is 4.28. The lowest BCUT2D eigenvalue weighted by atomic mass is 10.0. The second-order valence-corrected chi connectivity index (χ2v) is 5.03. The highest BCUT2D eigenvalue weighted by Gasteiger charge is 2.22. The number of pyridine rings is 1. The van der Waals surface area contributed by atoms with Crippen molar-refractivity contribution in [1.29, 1.82) is 0 Å². The normalized spacial score (nSPS) is 11.4. The third-order valence-corrected chi connectivity index (χ3v) is 2.75. The summed E-state index contributed by atoms with van der Waals surface area (Å²) in [5, 5.41) is 11.9. The van der Waals surface area contributed by atoms with Crippen molar-refractivity contribution in [3.8, 4) is 0 Å².